The lowest BCUT2D eigenvalue weighted by molar-refractivity contribution is 0.192. The largest absolute Gasteiger partial charge is 0.326 e. The molecule has 1 aromatic heterocycles. The fraction of sp³-hybridized carbons (Fsp3) is 0.800. The number of hydrogen-bond acceptors (Lipinski definition) is 4. The molecule has 5 heteroatoms. The van der Waals surface area contributed by atoms with Crippen molar-refractivity contribution in [3.8, 4) is 0 Å². The zero-order valence-electron chi connectivity index (χ0n) is 9.43. The molecule has 0 saturated carbocycles. The van der Waals surface area contributed by atoms with Crippen molar-refractivity contribution in [2.75, 3.05) is 13.1 Å². The predicted octanol–water partition coefficient (Wildman–Crippen LogP) is 0.0770. The van der Waals surface area contributed by atoms with Gasteiger partial charge in [-0.3, -0.25) is 4.90 Å². The average molecular weight is 209 g/mol. The quantitative estimate of drug-likeness (QED) is 0.765. The highest BCUT2D eigenvalue weighted by Crippen LogP contribution is 2.10. The first kappa shape index (κ1) is 10.6. The summed E-state index contributed by atoms with van der Waals surface area (Å²) >= 11 is 0. The van der Waals surface area contributed by atoms with Crippen LogP contribution in [-0.2, 0) is 13.1 Å². The molecular weight excluding hydrogens is 190 g/mol. The van der Waals surface area contributed by atoms with E-state index in [4.69, 9.17) is 5.73 Å². The van der Waals surface area contributed by atoms with Gasteiger partial charge < -0.3 is 10.3 Å². The van der Waals surface area contributed by atoms with Gasteiger partial charge in [0.2, 0.25) is 0 Å². The second-order valence-electron chi connectivity index (χ2n) is 4.58. The Morgan fingerprint density at radius 2 is 2.27 bits per heavy atom. The summed E-state index contributed by atoms with van der Waals surface area (Å²) in [5.74, 6) is 1.59. The van der Waals surface area contributed by atoms with E-state index in [1.165, 1.54) is 0 Å². The third-order valence-electron chi connectivity index (χ3n) is 3.04. The Balaban J connectivity index is 1.93. The molecule has 2 rings (SSSR count). The Kier molecular flexibility index (Phi) is 3.02. The fourth-order valence-corrected chi connectivity index (χ4v) is 1.78. The van der Waals surface area contributed by atoms with Gasteiger partial charge in [-0.1, -0.05) is 13.8 Å². The van der Waals surface area contributed by atoms with Gasteiger partial charge in [-0.2, -0.15) is 0 Å². The number of rotatable bonds is 3. The van der Waals surface area contributed by atoms with Gasteiger partial charge in [0.1, 0.15) is 12.2 Å². The van der Waals surface area contributed by atoms with E-state index in [-0.39, 0.29) is 6.04 Å². The zero-order valence-corrected chi connectivity index (χ0v) is 9.43. The molecule has 0 saturated heterocycles. The monoisotopic (exact) mass is 209 g/mol. The summed E-state index contributed by atoms with van der Waals surface area (Å²) < 4.78 is 2.11. The third-order valence-corrected chi connectivity index (χ3v) is 3.04. The lowest BCUT2D eigenvalue weighted by atomic mass is 10.0. The van der Waals surface area contributed by atoms with Crippen LogP contribution in [0.1, 0.15) is 19.7 Å². The minimum atomic E-state index is 0.250. The molecule has 15 heavy (non-hydrogen) atoms. The molecule has 0 aliphatic carbocycles. The Morgan fingerprint density at radius 3 is 3.00 bits per heavy atom. The highest BCUT2D eigenvalue weighted by molar-refractivity contribution is 4.90. The Bertz CT molecular complexity index is 319. The van der Waals surface area contributed by atoms with E-state index in [2.05, 4.69) is 33.5 Å². The van der Waals surface area contributed by atoms with Crippen molar-refractivity contribution >= 4 is 0 Å². The van der Waals surface area contributed by atoms with Gasteiger partial charge in [0.15, 0.2) is 0 Å². The molecule has 0 amide bonds. The van der Waals surface area contributed by atoms with Crippen molar-refractivity contribution in [2.24, 2.45) is 11.7 Å². The third kappa shape index (κ3) is 2.35. The van der Waals surface area contributed by atoms with Crippen molar-refractivity contribution in [1.29, 1.82) is 0 Å². The van der Waals surface area contributed by atoms with E-state index < -0.39 is 0 Å². The maximum atomic E-state index is 6.06. The lowest BCUT2D eigenvalue weighted by Crippen LogP contribution is -2.43. The Morgan fingerprint density at radius 1 is 1.47 bits per heavy atom. The summed E-state index contributed by atoms with van der Waals surface area (Å²) in [4.78, 5) is 2.36. The molecule has 2 heterocycles. The normalized spacial score (nSPS) is 19.2. The van der Waals surface area contributed by atoms with E-state index in [1.54, 1.807) is 6.33 Å². The molecule has 1 atom stereocenters. The second-order valence-corrected chi connectivity index (χ2v) is 4.58. The molecule has 2 N–H and O–H groups in total. The molecule has 1 aromatic rings. The minimum Gasteiger partial charge on any atom is -0.326 e. The molecular formula is C10H19N5. The SMILES string of the molecule is CC(C)C(N)CN1CCn2cnnc2C1. The molecule has 1 aliphatic heterocycles. The van der Waals surface area contributed by atoms with Crippen LogP contribution in [0.25, 0.3) is 0 Å². The molecule has 0 fully saturated rings. The lowest BCUT2D eigenvalue weighted by Gasteiger charge is -2.30. The molecule has 84 valence electrons. The van der Waals surface area contributed by atoms with E-state index >= 15 is 0 Å². The smallest absolute Gasteiger partial charge is 0.147 e. The standard InChI is InChI=1S/C10H19N5/c1-8(2)9(11)5-14-3-4-15-7-12-13-10(15)6-14/h7-9H,3-6,11H2,1-2H3. The van der Waals surface area contributed by atoms with Crippen LogP contribution in [0.4, 0.5) is 0 Å². The molecule has 5 nitrogen and oxygen atoms in total. The maximum absolute atomic E-state index is 6.06. The molecule has 0 radical (unpaired) electrons. The average Bonchev–Trinajstić information content (AvgIpc) is 2.64. The van der Waals surface area contributed by atoms with Crippen LogP contribution in [-0.4, -0.2) is 38.8 Å². The Hall–Kier alpha value is -0.940. The van der Waals surface area contributed by atoms with Crippen LogP contribution >= 0.6 is 0 Å². The van der Waals surface area contributed by atoms with Gasteiger partial charge in [0, 0.05) is 25.7 Å². The fourth-order valence-electron chi connectivity index (χ4n) is 1.78. The summed E-state index contributed by atoms with van der Waals surface area (Å²) in [5.41, 5.74) is 6.06. The van der Waals surface area contributed by atoms with Crippen LogP contribution in [0.3, 0.4) is 0 Å². The number of aromatic nitrogens is 3. The first-order chi connectivity index (χ1) is 7.16. The minimum absolute atomic E-state index is 0.250. The number of fused-ring (bicyclic) bond motifs is 1. The number of hydrogen-bond donors (Lipinski definition) is 1. The van der Waals surface area contributed by atoms with E-state index in [0.717, 1.165) is 32.0 Å². The van der Waals surface area contributed by atoms with Crippen molar-refractivity contribution in [3.63, 3.8) is 0 Å². The summed E-state index contributed by atoms with van der Waals surface area (Å²) in [6, 6.07) is 0.250. The van der Waals surface area contributed by atoms with Crippen LogP contribution in [0.15, 0.2) is 6.33 Å². The number of nitrogens with zero attached hydrogens (tertiary/aromatic N) is 4. The van der Waals surface area contributed by atoms with Crippen molar-refractivity contribution in [1.82, 2.24) is 19.7 Å². The van der Waals surface area contributed by atoms with E-state index in [0.29, 0.717) is 5.92 Å². The van der Waals surface area contributed by atoms with Gasteiger partial charge in [-0.15, -0.1) is 10.2 Å². The van der Waals surface area contributed by atoms with E-state index in [9.17, 15) is 0 Å². The van der Waals surface area contributed by atoms with Gasteiger partial charge in [-0.05, 0) is 5.92 Å². The van der Waals surface area contributed by atoms with Gasteiger partial charge in [0.25, 0.3) is 0 Å². The van der Waals surface area contributed by atoms with Gasteiger partial charge in [0.05, 0.1) is 6.54 Å². The van der Waals surface area contributed by atoms with Crippen molar-refractivity contribution in [3.05, 3.63) is 12.2 Å². The van der Waals surface area contributed by atoms with Crippen LogP contribution < -0.4 is 5.73 Å². The summed E-state index contributed by atoms with van der Waals surface area (Å²) in [7, 11) is 0. The van der Waals surface area contributed by atoms with Crippen molar-refractivity contribution in [2.45, 2.75) is 33.0 Å². The summed E-state index contributed by atoms with van der Waals surface area (Å²) in [5, 5.41) is 8.00. The van der Waals surface area contributed by atoms with E-state index in [1.807, 2.05) is 0 Å². The first-order valence-corrected chi connectivity index (χ1v) is 5.51. The molecule has 0 aromatic carbocycles. The zero-order chi connectivity index (χ0) is 10.8. The second kappa shape index (κ2) is 4.28. The van der Waals surface area contributed by atoms with Crippen LogP contribution in [0.2, 0.25) is 0 Å². The molecule has 0 spiro atoms. The topological polar surface area (TPSA) is 60.0 Å². The van der Waals surface area contributed by atoms with Crippen LogP contribution in [0.5, 0.6) is 0 Å². The maximum Gasteiger partial charge on any atom is 0.147 e. The molecule has 1 unspecified atom stereocenters. The highest BCUT2D eigenvalue weighted by atomic mass is 15.3. The Labute approximate surface area is 90.3 Å². The first-order valence-electron chi connectivity index (χ1n) is 5.51. The molecule has 1 aliphatic rings. The van der Waals surface area contributed by atoms with Crippen LogP contribution in [0, 0.1) is 5.92 Å². The molecule has 0 bridgehead atoms. The predicted molar refractivity (Wildman–Crippen MR) is 58.1 cm³/mol. The summed E-state index contributed by atoms with van der Waals surface area (Å²) in [6.07, 6.45) is 1.80. The van der Waals surface area contributed by atoms with Gasteiger partial charge >= 0.3 is 0 Å². The number of nitrogens with two attached hydrogens (primary N) is 1. The summed E-state index contributed by atoms with van der Waals surface area (Å²) in [6.45, 7) is 8.18. The van der Waals surface area contributed by atoms with Crippen molar-refractivity contribution < 1.29 is 0 Å². The highest BCUT2D eigenvalue weighted by Gasteiger charge is 2.20. The van der Waals surface area contributed by atoms with Gasteiger partial charge in [-0.25, -0.2) is 0 Å².